The van der Waals surface area contributed by atoms with E-state index in [0.29, 0.717) is 18.7 Å². The summed E-state index contributed by atoms with van der Waals surface area (Å²) >= 11 is 0. The number of rotatable bonds is 6. The maximum atomic E-state index is 10.6. The van der Waals surface area contributed by atoms with Crippen molar-refractivity contribution in [2.24, 2.45) is 0 Å². The number of carboxylic acid groups (broad SMARTS) is 1. The Morgan fingerprint density at radius 1 is 1.50 bits per heavy atom. The summed E-state index contributed by atoms with van der Waals surface area (Å²) < 4.78 is 0. The second kappa shape index (κ2) is 6.77. The number of carbonyl (C=O) groups is 1. The quantitative estimate of drug-likeness (QED) is 0.836. The van der Waals surface area contributed by atoms with Crippen LogP contribution in [0.1, 0.15) is 31.4 Å². The van der Waals surface area contributed by atoms with Crippen LogP contribution in [0.5, 0.6) is 0 Å². The van der Waals surface area contributed by atoms with Crippen LogP contribution in [0, 0.1) is 11.3 Å². The average Bonchev–Trinajstić information content (AvgIpc) is 2.34. The summed E-state index contributed by atoms with van der Waals surface area (Å²) in [4.78, 5) is 12.7. The van der Waals surface area contributed by atoms with Gasteiger partial charge in [-0.1, -0.05) is 12.1 Å². The van der Waals surface area contributed by atoms with E-state index >= 15 is 0 Å². The normalized spacial score (nSPS) is 10.6. The fraction of sp³-hybridized carbons (Fsp3) is 0.429. The van der Waals surface area contributed by atoms with E-state index in [4.69, 9.17) is 10.4 Å². The number of carboxylic acids is 1. The van der Waals surface area contributed by atoms with Crippen molar-refractivity contribution in [3.05, 3.63) is 35.4 Å². The highest BCUT2D eigenvalue weighted by molar-refractivity contribution is 5.66. The van der Waals surface area contributed by atoms with Crippen LogP contribution in [0.3, 0.4) is 0 Å². The third kappa shape index (κ3) is 4.56. The fourth-order valence-corrected chi connectivity index (χ4v) is 1.73. The first-order valence-corrected chi connectivity index (χ1v) is 5.98. The van der Waals surface area contributed by atoms with Gasteiger partial charge < -0.3 is 5.11 Å². The highest BCUT2D eigenvalue weighted by Gasteiger charge is 2.12. The molecule has 0 radical (unpaired) electrons. The molecule has 1 N–H and O–H groups in total. The molecular formula is C14H18N2O2. The Labute approximate surface area is 107 Å². The van der Waals surface area contributed by atoms with Gasteiger partial charge in [0.15, 0.2) is 0 Å². The molecule has 0 fully saturated rings. The lowest BCUT2D eigenvalue weighted by Gasteiger charge is -2.25. The topological polar surface area (TPSA) is 64.3 Å². The Kier molecular flexibility index (Phi) is 5.34. The van der Waals surface area contributed by atoms with Gasteiger partial charge in [0.05, 0.1) is 18.1 Å². The molecule has 0 aromatic heterocycles. The van der Waals surface area contributed by atoms with Crippen LogP contribution in [0.15, 0.2) is 24.3 Å². The molecule has 0 aliphatic rings. The number of hydrogen-bond donors (Lipinski definition) is 1. The Morgan fingerprint density at radius 2 is 2.22 bits per heavy atom. The highest BCUT2D eigenvalue weighted by atomic mass is 16.4. The van der Waals surface area contributed by atoms with Crippen molar-refractivity contribution in [2.75, 3.05) is 6.54 Å². The fourth-order valence-electron chi connectivity index (χ4n) is 1.73. The van der Waals surface area contributed by atoms with E-state index in [0.717, 1.165) is 5.56 Å². The lowest BCUT2D eigenvalue weighted by Crippen LogP contribution is -2.32. The number of nitriles is 1. The van der Waals surface area contributed by atoms with E-state index in [9.17, 15) is 4.79 Å². The summed E-state index contributed by atoms with van der Waals surface area (Å²) in [6, 6.07) is 9.79. The molecule has 0 heterocycles. The summed E-state index contributed by atoms with van der Waals surface area (Å²) in [5.74, 6) is -0.786. The minimum Gasteiger partial charge on any atom is -0.481 e. The molecule has 0 spiro atoms. The average molecular weight is 246 g/mol. The first-order valence-electron chi connectivity index (χ1n) is 5.98. The zero-order chi connectivity index (χ0) is 13.5. The Balaban J connectivity index is 2.70. The van der Waals surface area contributed by atoms with Gasteiger partial charge in [-0.3, -0.25) is 9.69 Å². The largest absolute Gasteiger partial charge is 0.481 e. The highest BCUT2D eigenvalue weighted by Crippen LogP contribution is 2.10. The minimum absolute atomic E-state index is 0.135. The van der Waals surface area contributed by atoms with Crippen LogP contribution in [0.25, 0.3) is 0 Å². The van der Waals surface area contributed by atoms with Crippen molar-refractivity contribution >= 4 is 5.97 Å². The second-order valence-corrected chi connectivity index (χ2v) is 4.52. The third-order valence-corrected chi connectivity index (χ3v) is 2.78. The van der Waals surface area contributed by atoms with E-state index in [1.165, 1.54) is 0 Å². The zero-order valence-electron chi connectivity index (χ0n) is 10.8. The van der Waals surface area contributed by atoms with E-state index in [1.54, 1.807) is 6.07 Å². The van der Waals surface area contributed by atoms with Crippen LogP contribution < -0.4 is 0 Å². The number of aliphatic carboxylic acids is 1. The van der Waals surface area contributed by atoms with Gasteiger partial charge >= 0.3 is 5.97 Å². The van der Waals surface area contributed by atoms with Gasteiger partial charge in [-0.15, -0.1) is 0 Å². The van der Waals surface area contributed by atoms with Crippen molar-refractivity contribution in [3.8, 4) is 6.07 Å². The summed E-state index contributed by atoms with van der Waals surface area (Å²) in [6.07, 6.45) is 0.135. The van der Waals surface area contributed by atoms with Crippen molar-refractivity contribution in [3.63, 3.8) is 0 Å². The Hall–Kier alpha value is -1.86. The number of nitrogens with zero attached hydrogens (tertiary/aromatic N) is 2. The van der Waals surface area contributed by atoms with E-state index in [-0.39, 0.29) is 12.5 Å². The van der Waals surface area contributed by atoms with E-state index < -0.39 is 5.97 Å². The molecule has 1 aromatic carbocycles. The molecule has 96 valence electrons. The SMILES string of the molecule is CC(C)N(CCC(=O)O)Cc1cccc(C#N)c1. The molecule has 4 heteroatoms. The standard InChI is InChI=1S/C14H18N2O2/c1-11(2)16(7-6-14(17)18)10-13-5-3-4-12(8-13)9-15/h3-5,8,11H,6-7,10H2,1-2H3,(H,17,18). The predicted molar refractivity (Wildman–Crippen MR) is 69.0 cm³/mol. The molecule has 0 atom stereocenters. The Bertz CT molecular complexity index is 449. The lowest BCUT2D eigenvalue weighted by molar-refractivity contribution is -0.137. The zero-order valence-corrected chi connectivity index (χ0v) is 10.8. The number of benzene rings is 1. The van der Waals surface area contributed by atoms with Crippen LogP contribution >= 0.6 is 0 Å². The maximum absolute atomic E-state index is 10.6. The van der Waals surface area contributed by atoms with Crippen molar-refractivity contribution < 1.29 is 9.90 Å². The minimum atomic E-state index is -0.786. The lowest BCUT2D eigenvalue weighted by atomic mass is 10.1. The first-order chi connectivity index (χ1) is 8.52. The van der Waals surface area contributed by atoms with Crippen LogP contribution in [0.4, 0.5) is 0 Å². The monoisotopic (exact) mass is 246 g/mol. The summed E-state index contributed by atoms with van der Waals surface area (Å²) in [6.45, 7) is 5.26. The van der Waals surface area contributed by atoms with Crippen LogP contribution in [-0.2, 0) is 11.3 Å². The molecule has 0 saturated carbocycles. The summed E-state index contributed by atoms with van der Waals surface area (Å²) in [5, 5.41) is 17.6. The molecule has 0 saturated heterocycles. The van der Waals surface area contributed by atoms with E-state index in [1.807, 2.05) is 32.0 Å². The molecule has 18 heavy (non-hydrogen) atoms. The smallest absolute Gasteiger partial charge is 0.304 e. The first kappa shape index (κ1) is 14.2. The molecule has 0 unspecified atom stereocenters. The maximum Gasteiger partial charge on any atom is 0.304 e. The summed E-state index contributed by atoms with van der Waals surface area (Å²) in [7, 11) is 0. The molecule has 0 aliphatic carbocycles. The summed E-state index contributed by atoms with van der Waals surface area (Å²) in [5.41, 5.74) is 1.67. The van der Waals surface area contributed by atoms with Crippen molar-refractivity contribution in [2.45, 2.75) is 32.9 Å². The molecule has 0 bridgehead atoms. The number of hydrogen-bond acceptors (Lipinski definition) is 3. The Morgan fingerprint density at radius 3 is 2.78 bits per heavy atom. The molecule has 4 nitrogen and oxygen atoms in total. The van der Waals surface area contributed by atoms with Gasteiger partial charge in [0, 0.05) is 19.1 Å². The van der Waals surface area contributed by atoms with Crippen LogP contribution in [0.2, 0.25) is 0 Å². The van der Waals surface area contributed by atoms with Crippen molar-refractivity contribution in [1.29, 1.82) is 5.26 Å². The van der Waals surface area contributed by atoms with Gasteiger partial charge in [-0.05, 0) is 31.5 Å². The van der Waals surface area contributed by atoms with Gasteiger partial charge in [0.1, 0.15) is 0 Å². The molecule has 1 aromatic rings. The van der Waals surface area contributed by atoms with Gasteiger partial charge in [-0.2, -0.15) is 5.26 Å². The second-order valence-electron chi connectivity index (χ2n) is 4.52. The molecule has 1 rings (SSSR count). The predicted octanol–water partition coefficient (Wildman–Crippen LogP) is 2.24. The third-order valence-electron chi connectivity index (χ3n) is 2.78. The van der Waals surface area contributed by atoms with Crippen LogP contribution in [-0.4, -0.2) is 28.6 Å². The molecule has 0 amide bonds. The molecule has 0 aliphatic heterocycles. The van der Waals surface area contributed by atoms with Gasteiger partial charge in [-0.25, -0.2) is 0 Å². The van der Waals surface area contributed by atoms with Gasteiger partial charge in [0.25, 0.3) is 0 Å². The molecular weight excluding hydrogens is 228 g/mol. The van der Waals surface area contributed by atoms with Gasteiger partial charge in [0.2, 0.25) is 0 Å². The van der Waals surface area contributed by atoms with Crippen molar-refractivity contribution in [1.82, 2.24) is 4.90 Å². The van der Waals surface area contributed by atoms with E-state index in [2.05, 4.69) is 11.0 Å².